The molecule has 0 fully saturated rings. The van der Waals surface area contributed by atoms with E-state index in [9.17, 15) is 4.79 Å². The maximum absolute atomic E-state index is 11.8. The number of unbranched alkanes of at least 4 members (excludes halogenated alkanes) is 3. The molecule has 1 aromatic rings. The monoisotopic (exact) mass is 420 g/mol. The number of azo groups is 1. The van der Waals surface area contributed by atoms with Crippen LogP contribution in [0, 0.1) is 0 Å². The molecule has 5 nitrogen and oxygen atoms in total. The number of thioether (sulfide) groups is 1. The van der Waals surface area contributed by atoms with Gasteiger partial charge >= 0.3 is 5.97 Å². The molecule has 6 heteroatoms. The summed E-state index contributed by atoms with van der Waals surface area (Å²) in [6, 6.07) is 8.09. The lowest BCUT2D eigenvalue weighted by Crippen LogP contribution is -2.31. The van der Waals surface area contributed by atoms with Crippen LogP contribution in [0.3, 0.4) is 0 Å². The zero-order chi connectivity index (χ0) is 21.5. The van der Waals surface area contributed by atoms with Gasteiger partial charge in [-0.2, -0.15) is 5.11 Å². The summed E-state index contributed by atoms with van der Waals surface area (Å²) in [5.41, 5.74) is -0.924. The second-order valence-corrected chi connectivity index (χ2v) is 8.61. The summed E-state index contributed by atoms with van der Waals surface area (Å²) in [4.78, 5) is 13.1. The van der Waals surface area contributed by atoms with Crippen molar-refractivity contribution in [3.05, 3.63) is 36.9 Å². The van der Waals surface area contributed by atoms with Crippen molar-refractivity contribution < 1.29 is 14.3 Å². The second-order valence-electron chi connectivity index (χ2n) is 7.44. The molecule has 1 atom stereocenters. The van der Waals surface area contributed by atoms with E-state index in [1.807, 2.05) is 44.7 Å². The van der Waals surface area contributed by atoms with E-state index in [-0.39, 0.29) is 25.0 Å². The van der Waals surface area contributed by atoms with Crippen molar-refractivity contribution in [1.82, 2.24) is 0 Å². The molecule has 1 unspecified atom stereocenters. The van der Waals surface area contributed by atoms with E-state index < -0.39 is 5.72 Å². The highest BCUT2D eigenvalue weighted by molar-refractivity contribution is 7.99. The normalized spacial score (nSPS) is 13.4. The van der Waals surface area contributed by atoms with Crippen LogP contribution in [0.4, 0.5) is 0 Å². The van der Waals surface area contributed by atoms with Crippen molar-refractivity contribution in [2.75, 3.05) is 12.4 Å². The summed E-state index contributed by atoms with van der Waals surface area (Å²) in [6.07, 6.45) is 7.23. The summed E-state index contributed by atoms with van der Waals surface area (Å²) < 4.78 is 11.2. The number of nitrogens with zero attached hydrogens (tertiary/aromatic N) is 2. The Balaban J connectivity index is 2.67. The van der Waals surface area contributed by atoms with Gasteiger partial charge in [0.25, 0.3) is 0 Å². The zero-order valence-corrected chi connectivity index (χ0v) is 19.2. The first kappa shape index (κ1) is 25.2. The molecule has 0 heterocycles. The number of hydrogen-bond acceptors (Lipinski definition) is 6. The van der Waals surface area contributed by atoms with Gasteiger partial charge in [0.1, 0.15) is 12.4 Å². The molecule has 0 bridgehead atoms. The van der Waals surface area contributed by atoms with Crippen LogP contribution in [0.1, 0.15) is 66.2 Å². The lowest BCUT2D eigenvalue weighted by molar-refractivity contribution is -0.143. The Morgan fingerprint density at radius 3 is 2.59 bits per heavy atom. The standard InChI is InChI=1S/C23H36N2O3S/c1-6-8-9-10-18-29-21-13-11-20(12-14-21)28-23(5,25-24-19(3)4)16-15-22(26)27-17-7-2/h7,11-14,19H,2,6,8-10,15-18H2,1,3-5H3/b25-24+. The minimum Gasteiger partial charge on any atom is -0.465 e. The number of carbonyl (C=O) groups is 1. The van der Waals surface area contributed by atoms with Crippen LogP contribution in [0.5, 0.6) is 5.75 Å². The van der Waals surface area contributed by atoms with Gasteiger partial charge in [-0.25, -0.2) is 0 Å². The second kappa shape index (κ2) is 14.2. The van der Waals surface area contributed by atoms with Crippen molar-refractivity contribution in [2.24, 2.45) is 10.2 Å². The highest BCUT2D eigenvalue weighted by Crippen LogP contribution is 2.28. The first-order valence-corrected chi connectivity index (χ1v) is 11.5. The third-order valence-electron chi connectivity index (χ3n) is 4.08. The molecule has 0 N–H and O–H groups in total. The highest BCUT2D eigenvalue weighted by Gasteiger charge is 2.28. The van der Waals surface area contributed by atoms with Gasteiger partial charge < -0.3 is 9.47 Å². The van der Waals surface area contributed by atoms with E-state index in [0.717, 1.165) is 5.75 Å². The maximum atomic E-state index is 11.8. The summed E-state index contributed by atoms with van der Waals surface area (Å²) in [7, 11) is 0. The Kier molecular flexibility index (Phi) is 12.4. The molecule has 162 valence electrons. The van der Waals surface area contributed by atoms with Crippen molar-refractivity contribution >= 4 is 17.7 Å². The minimum atomic E-state index is -0.924. The SMILES string of the molecule is C=CCOC(=O)CCC(C)(/N=N/C(C)C)Oc1ccc(SCCCCCC)cc1. The van der Waals surface area contributed by atoms with Crippen molar-refractivity contribution in [2.45, 2.75) is 82.9 Å². The largest absolute Gasteiger partial charge is 0.465 e. The van der Waals surface area contributed by atoms with Gasteiger partial charge in [0.2, 0.25) is 5.72 Å². The van der Waals surface area contributed by atoms with Crippen LogP contribution in [0.15, 0.2) is 52.0 Å². The Morgan fingerprint density at radius 2 is 1.97 bits per heavy atom. The lowest BCUT2D eigenvalue weighted by Gasteiger charge is -2.25. The Morgan fingerprint density at radius 1 is 1.24 bits per heavy atom. The Bertz CT molecular complexity index is 632. The quantitative estimate of drug-likeness (QED) is 0.103. The lowest BCUT2D eigenvalue weighted by atomic mass is 10.1. The molecule has 0 aromatic heterocycles. The first-order chi connectivity index (χ1) is 13.9. The number of carbonyl (C=O) groups excluding carboxylic acids is 1. The van der Waals surface area contributed by atoms with Gasteiger partial charge in [-0.1, -0.05) is 38.8 Å². The summed E-state index contributed by atoms with van der Waals surface area (Å²) >= 11 is 1.87. The average molecular weight is 421 g/mol. The molecular formula is C23H36N2O3S. The van der Waals surface area contributed by atoms with E-state index in [1.165, 1.54) is 30.6 Å². The molecule has 0 spiro atoms. The Hall–Kier alpha value is -1.82. The smallest absolute Gasteiger partial charge is 0.306 e. The van der Waals surface area contributed by atoms with Crippen LogP contribution in [0.2, 0.25) is 0 Å². The summed E-state index contributed by atoms with van der Waals surface area (Å²) in [5.74, 6) is 1.55. The predicted octanol–water partition coefficient (Wildman–Crippen LogP) is 6.82. The van der Waals surface area contributed by atoms with Gasteiger partial charge in [0.15, 0.2) is 0 Å². The molecule has 1 aromatic carbocycles. The molecule has 0 aliphatic heterocycles. The molecule has 0 aliphatic rings. The Labute approximate surface area is 180 Å². The van der Waals surface area contributed by atoms with E-state index in [1.54, 1.807) is 6.08 Å². The highest BCUT2D eigenvalue weighted by atomic mass is 32.2. The third kappa shape index (κ3) is 11.7. The molecule has 0 saturated heterocycles. The maximum Gasteiger partial charge on any atom is 0.306 e. The van der Waals surface area contributed by atoms with Crippen LogP contribution < -0.4 is 4.74 Å². The molecule has 0 saturated carbocycles. The molecule has 0 amide bonds. The van der Waals surface area contributed by atoms with Crippen LogP contribution >= 0.6 is 11.8 Å². The fraction of sp³-hybridized carbons (Fsp3) is 0.609. The first-order valence-electron chi connectivity index (χ1n) is 10.5. The van der Waals surface area contributed by atoms with Gasteiger partial charge in [0.05, 0.1) is 12.5 Å². The fourth-order valence-corrected chi connectivity index (χ4v) is 3.41. The summed E-state index contributed by atoms with van der Waals surface area (Å²) in [5, 5.41) is 8.62. The molecule has 0 aliphatic carbocycles. The molecule has 29 heavy (non-hydrogen) atoms. The molecule has 1 rings (SSSR count). The van der Waals surface area contributed by atoms with Crippen molar-refractivity contribution in [1.29, 1.82) is 0 Å². The van der Waals surface area contributed by atoms with Crippen LogP contribution in [0.25, 0.3) is 0 Å². The number of ether oxygens (including phenoxy) is 2. The topological polar surface area (TPSA) is 60.2 Å². The van der Waals surface area contributed by atoms with Gasteiger partial charge in [-0.05, 0) is 57.2 Å². The predicted molar refractivity (Wildman–Crippen MR) is 121 cm³/mol. The minimum absolute atomic E-state index is 0.0529. The number of hydrogen-bond donors (Lipinski definition) is 0. The van der Waals surface area contributed by atoms with Crippen LogP contribution in [-0.4, -0.2) is 30.1 Å². The van der Waals surface area contributed by atoms with Gasteiger partial charge in [-0.15, -0.1) is 16.9 Å². The van der Waals surface area contributed by atoms with Crippen molar-refractivity contribution in [3.63, 3.8) is 0 Å². The van der Waals surface area contributed by atoms with E-state index in [0.29, 0.717) is 12.2 Å². The van der Waals surface area contributed by atoms with E-state index in [4.69, 9.17) is 9.47 Å². The molecule has 0 radical (unpaired) electrons. The van der Waals surface area contributed by atoms with Crippen LogP contribution in [-0.2, 0) is 9.53 Å². The number of benzene rings is 1. The van der Waals surface area contributed by atoms with Crippen molar-refractivity contribution in [3.8, 4) is 5.75 Å². The zero-order valence-electron chi connectivity index (χ0n) is 18.4. The van der Waals surface area contributed by atoms with Gasteiger partial charge in [-0.3, -0.25) is 4.79 Å². The number of rotatable bonds is 15. The number of esters is 1. The molecular weight excluding hydrogens is 384 g/mol. The fourth-order valence-electron chi connectivity index (χ4n) is 2.49. The summed E-state index contributed by atoms with van der Waals surface area (Å²) in [6.45, 7) is 11.7. The van der Waals surface area contributed by atoms with Gasteiger partial charge in [0, 0.05) is 11.3 Å². The van der Waals surface area contributed by atoms with E-state index in [2.05, 4.69) is 35.9 Å². The average Bonchev–Trinajstić information content (AvgIpc) is 2.70. The third-order valence-corrected chi connectivity index (χ3v) is 5.18. The van der Waals surface area contributed by atoms with E-state index >= 15 is 0 Å².